The minimum absolute atomic E-state index is 0.0111. The van der Waals surface area contributed by atoms with Gasteiger partial charge in [0.2, 0.25) is 18.6 Å². The summed E-state index contributed by atoms with van der Waals surface area (Å²) in [6.45, 7) is 0.986. The molecule has 1 N–H and O–H groups in total. The number of amides is 2. The van der Waals surface area contributed by atoms with E-state index in [-0.39, 0.29) is 42.6 Å². The van der Waals surface area contributed by atoms with E-state index in [2.05, 4.69) is 5.32 Å². The Bertz CT molecular complexity index is 869. The Balaban J connectivity index is 1.27. The zero-order valence-corrected chi connectivity index (χ0v) is 15.7. The van der Waals surface area contributed by atoms with Crippen molar-refractivity contribution in [3.05, 3.63) is 23.8 Å². The molecule has 8 nitrogen and oxygen atoms in total. The van der Waals surface area contributed by atoms with E-state index in [0.717, 1.165) is 11.3 Å². The average Bonchev–Trinajstić information content (AvgIpc) is 3.32. The molecular formula is C18H22N2O6S. The van der Waals surface area contributed by atoms with Crippen LogP contribution in [0, 0.1) is 5.92 Å². The van der Waals surface area contributed by atoms with Crippen molar-refractivity contribution in [2.24, 2.45) is 5.92 Å². The number of benzene rings is 1. The smallest absolute Gasteiger partial charge is 0.231 e. The van der Waals surface area contributed by atoms with Crippen LogP contribution in [-0.2, 0) is 25.8 Å². The number of hydrogen-bond donors (Lipinski definition) is 1. The summed E-state index contributed by atoms with van der Waals surface area (Å²) < 4.78 is 33.9. The number of nitrogens with zero attached hydrogens (tertiary/aromatic N) is 1. The third-order valence-electron chi connectivity index (χ3n) is 5.33. The lowest BCUT2D eigenvalue weighted by Crippen LogP contribution is -2.39. The van der Waals surface area contributed by atoms with E-state index < -0.39 is 15.8 Å². The maximum Gasteiger partial charge on any atom is 0.231 e. The number of ether oxygens (including phenoxy) is 2. The van der Waals surface area contributed by atoms with Gasteiger partial charge in [-0.2, -0.15) is 0 Å². The Morgan fingerprint density at radius 1 is 1.26 bits per heavy atom. The number of sulfone groups is 1. The van der Waals surface area contributed by atoms with Crippen molar-refractivity contribution in [3.63, 3.8) is 0 Å². The maximum absolute atomic E-state index is 12.4. The van der Waals surface area contributed by atoms with E-state index in [4.69, 9.17) is 9.47 Å². The van der Waals surface area contributed by atoms with Gasteiger partial charge in [0.1, 0.15) is 0 Å². The lowest BCUT2D eigenvalue weighted by molar-refractivity contribution is -0.130. The molecule has 3 aliphatic heterocycles. The molecule has 0 saturated carbocycles. The maximum atomic E-state index is 12.4. The molecular weight excluding hydrogens is 372 g/mol. The molecule has 2 fully saturated rings. The van der Waals surface area contributed by atoms with Gasteiger partial charge in [0.05, 0.1) is 17.4 Å². The molecule has 2 saturated heterocycles. The SMILES string of the molecule is O=C(NCCc1ccc2c(c1)OCO2)C1CC(=O)N(C2CCS(=O)(=O)C2)C1. The molecule has 1 aromatic rings. The van der Waals surface area contributed by atoms with Crippen LogP contribution in [0.4, 0.5) is 0 Å². The molecule has 2 atom stereocenters. The number of likely N-dealkylation sites (tertiary alicyclic amines) is 1. The highest BCUT2D eigenvalue weighted by atomic mass is 32.2. The van der Waals surface area contributed by atoms with E-state index in [1.54, 1.807) is 4.90 Å². The van der Waals surface area contributed by atoms with Crippen molar-refractivity contribution < 1.29 is 27.5 Å². The molecule has 0 aromatic heterocycles. The van der Waals surface area contributed by atoms with E-state index >= 15 is 0 Å². The zero-order valence-electron chi connectivity index (χ0n) is 14.8. The van der Waals surface area contributed by atoms with E-state index in [0.29, 0.717) is 31.7 Å². The summed E-state index contributed by atoms with van der Waals surface area (Å²) in [5.74, 6) is 0.854. The number of carbonyl (C=O) groups excluding carboxylic acids is 2. The highest BCUT2D eigenvalue weighted by Crippen LogP contribution is 2.32. The first-order valence-corrected chi connectivity index (χ1v) is 10.9. The normalized spacial score (nSPS) is 25.8. The van der Waals surface area contributed by atoms with Crippen LogP contribution in [0.1, 0.15) is 18.4 Å². The molecule has 146 valence electrons. The van der Waals surface area contributed by atoms with Gasteiger partial charge in [-0.3, -0.25) is 9.59 Å². The molecule has 3 aliphatic rings. The van der Waals surface area contributed by atoms with Gasteiger partial charge in [0.25, 0.3) is 0 Å². The fourth-order valence-corrected chi connectivity index (χ4v) is 5.58. The van der Waals surface area contributed by atoms with Crippen molar-refractivity contribution in [2.45, 2.75) is 25.3 Å². The summed E-state index contributed by atoms with van der Waals surface area (Å²) in [6, 6.07) is 5.40. The molecule has 2 unspecified atom stereocenters. The Hall–Kier alpha value is -2.29. The third-order valence-corrected chi connectivity index (χ3v) is 7.08. The van der Waals surface area contributed by atoms with Crippen LogP contribution in [0.5, 0.6) is 11.5 Å². The topological polar surface area (TPSA) is 102 Å². The van der Waals surface area contributed by atoms with Crippen molar-refractivity contribution in [1.29, 1.82) is 0 Å². The lowest BCUT2D eigenvalue weighted by Gasteiger charge is -2.22. The van der Waals surface area contributed by atoms with Crippen molar-refractivity contribution in [2.75, 3.05) is 31.4 Å². The summed E-state index contributed by atoms with van der Waals surface area (Å²) in [5, 5.41) is 2.88. The van der Waals surface area contributed by atoms with Crippen LogP contribution in [0.2, 0.25) is 0 Å². The molecule has 0 spiro atoms. The van der Waals surface area contributed by atoms with E-state index in [1.807, 2.05) is 18.2 Å². The Morgan fingerprint density at radius 3 is 2.85 bits per heavy atom. The number of hydrogen-bond acceptors (Lipinski definition) is 6. The predicted octanol–water partition coefficient (Wildman–Crippen LogP) is 0.110. The highest BCUT2D eigenvalue weighted by molar-refractivity contribution is 7.91. The quantitative estimate of drug-likeness (QED) is 0.761. The van der Waals surface area contributed by atoms with Crippen molar-refractivity contribution >= 4 is 21.7 Å². The summed E-state index contributed by atoms with van der Waals surface area (Å²) >= 11 is 0. The molecule has 4 rings (SSSR count). The first kappa shape index (κ1) is 18.1. The molecule has 0 bridgehead atoms. The Morgan fingerprint density at radius 2 is 2.07 bits per heavy atom. The van der Waals surface area contributed by atoms with Gasteiger partial charge in [-0.25, -0.2) is 8.42 Å². The molecule has 3 heterocycles. The summed E-state index contributed by atoms with van der Waals surface area (Å²) in [4.78, 5) is 26.2. The molecule has 2 amide bonds. The molecule has 0 radical (unpaired) electrons. The largest absolute Gasteiger partial charge is 0.454 e. The second kappa shape index (κ2) is 7.03. The van der Waals surface area contributed by atoms with E-state index in [1.165, 1.54) is 0 Å². The number of carbonyl (C=O) groups is 2. The molecule has 27 heavy (non-hydrogen) atoms. The van der Waals surface area contributed by atoms with Gasteiger partial charge < -0.3 is 19.7 Å². The molecule has 9 heteroatoms. The van der Waals surface area contributed by atoms with Crippen molar-refractivity contribution in [1.82, 2.24) is 10.2 Å². The second-order valence-electron chi connectivity index (χ2n) is 7.23. The van der Waals surface area contributed by atoms with Crippen LogP contribution in [0.15, 0.2) is 18.2 Å². The molecule has 0 aliphatic carbocycles. The zero-order chi connectivity index (χ0) is 19.0. The van der Waals surface area contributed by atoms with Crippen LogP contribution in [-0.4, -0.2) is 62.6 Å². The minimum atomic E-state index is -3.06. The fourth-order valence-electron chi connectivity index (χ4n) is 3.85. The number of nitrogens with one attached hydrogen (secondary N) is 1. The van der Waals surface area contributed by atoms with Gasteiger partial charge in [-0.1, -0.05) is 6.07 Å². The minimum Gasteiger partial charge on any atom is -0.454 e. The van der Waals surface area contributed by atoms with Gasteiger partial charge in [-0.05, 0) is 30.5 Å². The van der Waals surface area contributed by atoms with Crippen molar-refractivity contribution in [3.8, 4) is 11.5 Å². The van der Waals surface area contributed by atoms with Gasteiger partial charge >= 0.3 is 0 Å². The molecule has 1 aromatic carbocycles. The first-order valence-electron chi connectivity index (χ1n) is 9.07. The predicted molar refractivity (Wildman–Crippen MR) is 96.2 cm³/mol. The summed E-state index contributed by atoms with van der Waals surface area (Å²) in [6.07, 6.45) is 1.26. The summed E-state index contributed by atoms with van der Waals surface area (Å²) in [7, 11) is -3.06. The van der Waals surface area contributed by atoms with E-state index in [9.17, 15) is 18.0 Å². The van der Waals surface area contributed by atoms with Gasteiger partial charge in [0.15, 0.2) is 21.3 Å². The monoisotopic (exact) mass is 394 g/mol. The van der Waals surface area contributed by atoms with Gasteiger partial charge in [-0.15, -0.1) is 0 Å². The van der Waals surface area contributed by atoms with Crippen LogP contribution in [0.3, 0.4) is 0 Å². The Kier molecular flexibility index (Phi) is 4.71. The number of fused-ring (bicyclic) bond motifs is 1. The van der Waals surface area contributed by atoms with Crippen LogP contribution < -0.4 is 14.8 Å². The number of rotatable bonds is 5. The lowest BCUT2D eigenvalue weighted by atomic mass is 10.1. The average molecular weight is 394 g/mol. The standard InChI is InChI=1S/C18H22N2O6S/c21-17-8-13(9-20(17)14-4-6-27(23,24)10-14)18(22)19-5-3-12-1-2-15-16(7-12)26-11-25-15/h1-2,7,13-14H,3-6,8-11H2,(H,19,22). The summed E-state index contributed by atoms with van der Waals surface area (Å²) in [5.41, 5.74) is 1.03. The second-order valence-corrected chi connectivity index (χ2v) is 9.46. The first-order chi connectivity index (χ1) is 12.9. The van der Waals surface area contributed by atoms with Crippen LogP contribution in [0.25, 0.3) is 0 Å². The Labute approximate surface area is 157 Å². The fraction of sp³-hybridized carbons (Fsp3) is 0.556. The third kappa shape index (κ3) is 3.87. The van der Waals surface area contributed by atoms with Crippen LogP contribution >= 0.6 is 0 Å². The highest BCUT2D eigenvalue weighted by Gasteiger charge is 2.41. The van der Waals surface area contributed by atoms with Gasteiger partial charge in [0, 0.05) is 25.6 Å².